The molecule has 6 heteroatoms. The monoisotopic (exact) mass is 366 g/mol. The molecule has 1 aromatic carbocycles. The van der Waals surface area contributed by atoms with Crippen molar-refractivity contribution in [1.29, 1.82) is 0 Å². The van der Waals surface area contributed by atoms with E-state index in [1.54, 1.807) is 12.1 Å². The lowest BCUT2D eigenvalue weighted by Crippen LogP contribution is -2.47. The molecular weight excluding hydrogens is 343 g/mol. The van der Waals surface area contributed by atoms with Crippen molar-refractivity contribution in [2.45, 2.75) is 38.3 Å². The summed E-state index contributed by atoms with van der Waals surface area (Å²) in [6.45, 7) is 3.79. The molecule has 0 radical (unpaired) electrons. The molecule has 2 unspecified atom stereocenters. The highest BCUT2D eigenvalue weighted by molar-refractivity contribution is 5.56. The molecule has 3 heterocycles. The molecule has 2 aliphatic heterocycles. The number of nitrogens with one attached hydrogen (secondary N) is 1. The van der Waals surface area contributed by atoms with Gasteiger partial charge in [-0.3, -0.25) is 9.78 Å². The fourth-order valence-corrected chi connectivity index (χ4v) is 4.63. The molecule has 1 N–H and O–H groups in total. The van der Waals surface area contributed by atoms with Crippen LogP contribution in [0.15, 0.2) is 35.1 Å². The molecule has 1 aliphatic carbocycles. The second-order valence-corrected chi connectivity index (χ2v) is 7.95. The Kier molecular flexibility index (Phi) is 3.81. The largest absolute Gasteiger partial charge is 0.365 e. The summed E-state index contributed by atoms with van der Waals surface area (Å²) in [5.41, 5.74) is 2.49. The van der Waals surface area contributed by atoms with Gasteiger partial charge in [0.25, 0.3) is 5.56 Å². The third-order valence-corrected chi connectivity index (χ3v) is 6.10. The second kappa shape index (κ2) is 6.22. The molecule has 27 heavy (non-hydrogen) atoms. The number of hydrogen-bond donors (Lipinski definition) is 1. The summed E-state index contributed by atoms with van der Waals surface area (Å²) in [6, 6.07) is 7.41. The Morgan fingerprint density at radius 2 is 2.04 bits per heavy atom. The maximum Gasteiger partial charge on any atom is 0.259 e. The van der Waals surface area contributed by atoms with Crippen molar-refractivity contribution >= 4 is 17.7 Å². The van der Waals surface area contributed by atoms with Crippen LogP contribution in [0.5, 0.6) is 0 Å². The van der Waals surface area contributed by atoms with Gasteiger partial charge in [0.2, 0.25) is 5.95 Å². The van der Waals surface area contributed by atoms with Crippen LogP contribution in [0.2, 0.25) is 0 Å². The number of aromatic amines is 1. The van der Waals surface area contributed by atoms with Crippen molar-refractivity contribution in [2.75, 3.05) is 22.9 Å². The fourth-order valence-electron chi connectivity index (χ4n) is 4.63. The van der Waals surface area contributed by atoms with Crippen LogP contribution in [-0.4, -0.2) is 35.1 Å². The highest BCUT2D eigenvalue weighted by Gasteiger charge is 2.44. The van der Waals surface area contributed by atoms with Crippen LogP contribution in [-0.2, 0) is 6.42 Å². The first kappa shape index (κ1) is 16.5. The summed E-state index contributed by atoms with van der Waals surface area (Å²) >= 11 is 0. The Labute approximate surface area is 157 Å². The molecule has 0 saturated carbocycles. The van der Waals surface area contributed by atoms with Gasteiger partial charge in [0.05, 0.1) is 17.3 Å². The third-order valence-electron chi connectivity index (χ3n) is 6.10. The van der Waals surface area contributed by atoms with Crippen LogP contribution in [0.1, 0.15) is 31.0 Å². The van der Waals surface area contributed by atoms with Crippen LogP contribution in [0.4, 0.5) is 16.0 Å². The lowest BCUT2D eigenvalue weighted by molar-refractivity contribution is 0.612. The Hall–Kier alpha value is -2.63. The van der Waals surface area contributed by atoms with Crippen LogP contribution in [0, 0.1) is 11.7 Å². The van der Waals surface area contributed by atoms with E-state index >= 15 is 0 Å². The SMILES string of the molecule is CC1C=Cc2c(nc(N3C[C@@H]4CC3CN4c3cccc(F)c3)[nH]c2=O)CC1. The molecule has 140 valence electrons. The predicted molar refractivity (Wildman–Crippen MR) is 105 cm³/mol. The molecule has 5 nitrogen and oxygen atoms in total. The maximum atomic E-state index is 13.6. The van der Waals surface area contributed by atoms with Gasteiger partial charge in [-0.15, -0.1) is 0 Å². The van der Waals surface area contributed by atoms with E-state index in [0.717, 1.165) is 43.7 Å². The molecule has 0 amide bonds. The fraction of sp³-hybridized carbons (Fsp3) is 0.429. The summed E-state index contributed by atoms with van der Waals surface area (Å²) in [4.78, 5) is 24.9. The first-order valence-corrected chi connectivity index (χ1v) is 9.69. The van der Waals surface area contributed by atoms with E-state index in [0.29, 0.717) is 29.5 Å². The van der Waals surface area contributed by atoms with Gasteiger partial charge in [0.15, 0.2) is 0 Å². The number of rotatable bonds is 2. The molecule has 0 spiro atoms. The van der Waals surface area contributed by atoms with Gasteiger partial charge in [-0.25, -0.2) is 9.37 Å². The number of aromatic nitrogens is 2. The van der Waals surface area contributed by atoms with Crippen molar-refractivity contribution in [3.63, 3.8) is 0 Å². The van der Waals surface area contributed by atoms with Gasteiger partial charge in [0.1, 0.15) is 5.82 Å². The first-order valence-electron chi connectivity index (χ1n) is 9.69. The van der Waals surface area contributed by atoms with E-state index in [1.165, 1.54) is 6.07 Å². The van der Waals surface area contributed by atoms with E-state index in [2.05, 4.69) is 27.8 Å². The van der Waals surface area contributed by atoms with Crippen LogP contribution < -0.4 is 15.4 Å². The summed E-state index contributed by atoms with van der Waals surface area (Å²) in [5.74, 6) is 0.948. The molecule has 2 aromatic rings. The molecule has 1 aromatic heterocycles. The van der Waals surface area contributed by atoms with Gasteiger partial charge in [0, 0.05) is 24.8 Å². The van der Waals surface area contributed by atoms with Crippen molar-refractivity contribution in [2.24, 2.45) is 5.92 Å². The molecular formula is C21H23FN4O. The average molecular weight is 366 g/mol. The summed E-state index contributed by atoms with van der Waals surface area (Å²) < 4.78 is 13.6. The van der Waals surface area contributed by atoms with Gasteiger partial charge in [-0.05, 0) is 43.4 Å². The predicted octanol–water partition coefficient (Wildman–Crippen LogP) is 2.97. The summed E-state index contributed by atoms with van der Waals surface area (Å²) in [7, 11) is 0. The topological polar surface area (TPSA) is 52.2 Å². The maximum absolute atomic E-state index is 13.6. The van der Waals surface area contributed by atoms with Gasteiger partial charge >= 0.3 is 0 Å². The number of fused-ring (bicyclic) bond motifs is 3. The zero-order valence-electron chi connectivity index (χ0n) is 15.4. The van der Waals surface area contributed by atoms with Crippen molar-refractivity contribution in [3.05, 3.63) is 57.8 Å². The number of aryl methyl sites for hydroxylation is 1. The van der Waals surface area contributed by atoms with Gasteiger partial charge < -0.3 is 9.80 Å². The first-order chi connectivity index (χ1) is 13.1. The number of anilines is 2. The second-order valence-electron chi connectivity index (χ2n) is 7.95. The van der Waals surface area contributed by atoms with Crippen LogP contribution in [0.25, 0.3) is 6.08 Å². The van der Waals surface area contributed by atoms with E-state index in [4.69, 9.17) is 4.98 Å². The smallest absolute Gasteiger partial charge is 0.259 e. The quantitative estimate of drug-likeness (QED) is 0.888. The van der Waals surface area contributed by atoms with Gasteiger partial charge in [-0.1, -0.05) is 25.1 Å². The molecule has 2 bridgehead atoms. The minimum atomic E-state index is -0.203. The average Bonchev–Trinajstić information content (AvgIpc) is 3.20. The van der Waals surface area contributed by atoms with Crippen molar-refractivity contribution in [1.82, 2.24) is 9.97 Å². The number of halogens is 1. The van der Waals surface area contributed by atoms with E-state index in [1.807, 2.05) is 12.1 Å². The highest BCUT2D eigenvalue weighted by atomic mass is 19.1. The normalized spacial score (nSPS) is 26.4. The Balaban J connectivity index is 1.40. The summed E-state index contributed by atoms with van der Waals surface area (Å²) in [6.07, 6.45) is 6.87. The number of nitrogens with zero attached hydrogens (tertiary/aromatic N) is 3. The summed E-state index contributed by atoms with van der Waals surface area (Å²) in [5, 5.41) is 0. The lowest BCUT2D eigenvalue weighted by atomic mass is 10.1. The standard InChI is InChI=1S/C21H23FN4O/c1-13-5-7-18-19(8-6-13)23-21(24-20(18)27)26-12-16-10-17(26)11-25(16)15-4-2-3-14(22)9-15/h2-5,7,9,13,16-17H,6,8,10-12H2,1H3,(H,23,24,27)/t13?,16-,17?/m0/s1. The zero-order chi connectivity index (χ0) is 18.5. The number of benzene rings is 1. The minimum absolute atomic E-state index is 0.0508. The van der Waals surface area contributed by atoms with E-state index in [-0.39, 0.29) is 11.4 Å². The van der Waals surface area contributed by atoms with Crippen molar-refractivity contribution < 1.29 is 4.39 Å². The van der Waals surface area contributed by atoms with Crippen molar-refractivity contribution in [3.8, 4) is 0 Å². The number of hydrogen-bond acceptors (Lipinski definition) is 4. The molecule has 5 rings (SSSR count). The van der Waals surface area contributed by atoms with E-state index < -0.39 is 0 Å². The molecule has 3 atom stereocenters. The molecule has 2 fully saturated rings. The number of allylic oxidation sites excluding steroid dienone is 1. The highest BCUT2D eigenvalue weighted by Crippen LogP contribution is 2.36. The Morgan fingerprint density at radius 1 is 1.22 bits per heavy atom. The number of piperazine rings is 1. The van der Waals surface area contributed by atoms with Gasteiger partial charge in [-0.2, -0.15) is 0 Å². The lowest BCUT2D eigenvalue weighted by Gasteiger charge is -2.36. The zero-order valence-corrected chi connectivity index (χ0v) is 15.4. The van der Waals surface area contributed by atoms with Crippen LogP contribution in [0.3, 0.4) is 0 Å². The number of H-pyrrole nitrogens is 1. The van der Waals surface area contributed by atoms with E-state index in [9.17, 15) is 9.18 Å². The molecule has 3 aliphatic rings. The Bertz CT molecular complexity index is 969. The third kappa shape index (κ3) is 2.83. The Morgan fingerprint density at radius 3 is 2.81 bits per heavy atom. The van der Waals surface area contributed by atoms with Crippen LogP contribution >= 0.6 is 0 Å². The molecule has 2 saturated heterocycles. The minimum Gasteiger partial charge on any atom is -0.365 e.